The third-order valence-corrected chi connectivity index (χ3v) is 9.06. The molecule has 1 aliphatic heterocycles. The average Bonchev–Trinajstić information content (AvgIpc) is 3.90. The Labute approximate surface area is 302 Å². The molecule has 14 nitrogen and oxygen atoms in total. The lowest BCUT2D eigenvalue weighted by Gasteiger charge is -2.30. The summed E-state index contributed by atoms with van der Waals surface area (Å²) in [6, 6.07) is 8.09. The molecule has 1 aromatic carbocycles. The molecule has 0 bridgehead atoms. The number of hydrogen-bond acceptors (Lipinski definition) is 15. The summed E-state index contributed by atoms with van der Waals surface area (Å²) in [6.07, 6.45) is 1.76. The maximum atomic E-state index is 12.7. The van der Waals surface area contributed by atoms with Crippen LogP contribution in [0.3, 0.4) is 0 Å². The monoisotopic (exact) mass is 734 g/mol. The highest BCUT2D eigenvalue weighted by molar-refractivity contribution is 8.14. The predicted molar refractivity (Wildman–Crippen MR) is 191 cm³/mol. The number of aliphatic imine (C=N–C) groups is 1. The molecule has 268 valence electrons. The number of carbonyl (C=O) groups excluding carboxylic acids is 2. The third-order valence-electron chi connectivity index (χ3n) is 7.13. The van der Waals surface area contributed by atoms with E-state index in [9.17, 15) is 9.59 Å². The summed E-state index contributed by atoms with van der Waals surface area (Å²) >= 11 is 2.90. The van der Waals surface area contributed by atoms with Crippen molar-refractivity contribution in [1.82, 2.24) is 25.3 Å². The van der Waals surface area contributed by atoms with Crippen molar-refractivity contribution in [2.45, 2.75) is 77.9 Å². The van der Waals surface area contributed by atoms with Gasteiger partial charge in [0, 0.05) is 16.7 Å². The number of alkyl carbamates (subject to hydrolysis) is 1. The molecule has 0 aliphatic carbocycles. The number of nitrogens with one attached hydrogen (secondary N) is 1. The van der Waals surface area contributed by atoms with Crippen molar-refractivity contribution in [1.29, 1.82) is 0 Å². The smallest absolute Gasteiger partial charge is 0.408 e. The number of benzene rings is 1. The maximum absolute atomic E-state index is 12.7. The normalized spacial score (nSPS) is 16.1. The van der Waals surface area contributed by atoms with Gasteiger partial charge in [-0.1, -0.05) is 30.3 Å². The minimum Gasteiger partial charge on any atom is -0.464 e. The lowest BCUT2D eigenvalue weighted by atomic mass is 10.1. The molecule has 5 heterocycles. The van der Waals surface area contributed by atoms with Crippen LogP contribution < -0.4 is 5.32 Å². The molecular weight excluding hydrogens is 697 g/mol. The van der Waals surface area contributed by atoms with E-state index in [1.807, 2.05) is 63.4 Å². The van der Waals surface area contributed by atoms with Gasteiger partial charge in [-0.3, -0.25) is 4.99 Å². The molecule has 5 aromatic rings. The van der Waals surface area contributed by atoms with Crippen molar-refractivity contribution in [3.8, 4) is 33.6 Å². The van der Waals surface area contributed by atoms with Gasteiger partial charge in [0.2, 0.25) is 17.7 Å². The molecule has 0 radical (unpaired) electrons. The van der Waals surface area contributed by atoms with Crippen molar-refractivity contribution in [3.63, 3.8) is 0 Å². The number of amides is 1. The minimum absolute atomic E-state index is 0.104. The van der Waals surface area contributed by atoms with Crippen LogP contribution in [0, 0.1) is 0 Å². The molecule has 1 N–H and O–H groups in total. The van der Waals surface area contributed by atoms with Gasteiger partial charge in [-0.05, 0) is 48.5 Å². The van der Waals surface area contributed by atoms with Crippen molar-refractivity contribution >= 4 is 40.2 Å². The molecule has 1 aliphatic rings. The number of nitrogens with zero attached hydrogens (tertiary/aromatic N) is 5. The molecular formula is C35H38N6O8S2. The molecule has 1 unspecified atom stereocenters. The van der Waals surface area contributed by atoms with Crippen LogP contribution in [0.5, 0.6) is 0 Å². The second kappa shape index (κ2) is 14.4. The Hall–Kier alpha value is -4.80. The van der Waals surface area contributed by atoms with Crippen molar-refractivity contribution in [3.05, 3.63) is 71.4 Å². The summed E-state index contributed by atoms with van der Waals surface area (Å²) in [6.45, 7) is 12.9. The average molecular weight is 735 g/mol. The molecule has 4 aromatic heterocycles. The standard InChI is InChI=1S/C35H38N6O8S2/c1-18(48-34(2,3)4)24(41-33(43)49-35(5,6)7)29-36-20(14-46-29)27-37-21(15-45-27)30-39-23(17-51-30)31-38-22(16-50-31)28-40-25(32(42)44-8)26(47-28)19-12-10-9-11-13-19/h9-15,17-18,22,24H,16H2,1-8H3,(H,41,43)/t18-,22?,24+/m1/s1. The molecule has 51 heavy (non-hydrogen) atoms. The fourth-order valence-corrected chi connectivity index (χ4v) is 6.90. The molecule has 1 amide bonds. The molecule has 0 fully saturated rings. The van der Waals surface area contributed by atoms with Gasteiger partial charge in [-0.25, -0.2) is 29.5 Å². The number of rotatable bonds is 10. The van der Waals surface area contributed by atoms with Gasteiger partial charge in [0.25, 0.3) is 0 Å². The summed E-state index contributed by atoms with van der Waals surface area (Å²) in [5.74, 6) is 1.05. The quantitative estimate of drug-likeness (QED) is 0.137. The zero-order chi connectivity index (χ0) is 36.5. The SMILES string of the molecule is COC(=O)c1nc(C2CSC(c3csc(-c4coc(-c5coc([C@@H](NC(=O)OC(C)(C)C)[C@@H](C)OC(C)(C)C)n5)n4)n3)=N2)oc1-c1ccccc1. The second-order valence-corrected chi connectivity index (χ2v) is 15.4. The van der Waals surface area contributed by atoms with Crippen molar-refractivity contribution in [2.24, 2.45) is 4.99 Å². The topological polar surface area (TPSA) is 177 Å². The Bertz CT molecular complexity index is 2040. The van der Waals surface area contributed by atoms with Crippen LogP contribution in [0.1, 0.15) is 88.5 Å². The predicted octanol–water partition coefficient (Wildman–Crippen LogP) is 7.90. The summed E-state index contributed by atoms with van der Waals surface area (Å²) < 4.78 is 34.2. The number of esters is 1. The van der Waals surface area contributed by atoms with Gasteiger partial charge in [-0.2, -0.15) is 0 Å². The van der Waals surface area contributed by atoms with E-state index in [0.29, 0.717) is 50.1 Å². The fraction of sp³-hybridized carbons (Fsp3) is 0.400. The van der Waals surface area contributed by atoms with Gasteiger partial charge in [-0.15, -0.1) is 23.1 Å². The van der Waals surface area contributed by atoms with E-state index in [4.69, 9.17) is 37.4 Å². The number of ether oxygens (including phenoxy) is 3. The minimum atomic E-state index is -0.759. The largest absolute Gasteiger partial charge is 0.464 e. The van der Waals surface area contributed by atoms with E-state index in [2.05, 4.69) is 20.3 Å². The van der Waals surface area contributed by atoms with E-state index in [-0.39, 0.29) is 17.5 Å². The number of thioether (sulfide) groups is 1. The Morgan fingerprint density at radius 1 is 0.941 bits per heavy atom. The number of hydrogen-bond donors (Lipinski definition) is 1. The fourth-order valence-electron chi connectivity index (χ4n) is 5.09. The van der Waals surface area contributed by atoms with E-state index < -0.39 is 41.5 Å². The Kier molecular flexibility index (Phi) is 10.2. The van der Waals surface area contributed by atoms with Gasteiger partial charge >= 0.3 is 12.1 Å². The first kappa shape index (κ1) is 36.0. The van der Waals surface area contributed by atoms with Crippen molar-refractivity contribution in [2.75, 3.05) is 12.9 Å². The highest BCUT2D eigenvalue weighted by Gasteiger charge is 2.33. The van der Waals surface area contributed by atoms with Crippen LogP contribution in [0.2, 0.25) is 0 Å². The number of oxazole rings is 3. The van der Waals surface area contributed by atoms with Crippen LogP contribution in [0.25, 0.3) is 33.6 Å². The molecule has 0 saturated carbocycles. The van der Waals surface area contributed by atoms with E-state index in [1.165, 1.54) is 42.7 Å². The van der Waals surface area contributed by atoms with Crippen LogP contribution in [-0.2, 0) is 14.2 Å². The van der Waals surface area contributed by atoms with Gasteiger partial charge in [0.1, 0.15) is 51.7 Å². The Morgan fingerprint density at radius 2 is 1.69 bits per heavy atom. The highest BCUT2D eigenvalue weighted by atomic mass is 32.2. The summed E-state index contributed by atoms with van der Waals surface area (Å²) in [4.78, 5) is 48.4. The number of methoxy groups -OCH3 is 1. The van der Waals surface area contributed by atoms with Gasteiger partial charge < -0.3 is 32.8 Å². The molecule has 6 rings (SSSR count). The van der Waals surface area contributed by atoms with Crippen molar-refractivity contribution < 1.29 is 37.1 Å². The molecule has 3 atom stereocenters. The first-order valence-electron chi connectivity index (χ1n) is 16.1. The van der Waals surface area contributed by atoms with Crippen LogP contribution >= 0.6 is 23.1 Å². The Morgan fingerprint density at radius 3 is 2.39 bits per heavy atom. The summed E-state index contributed by atoms with van der Waals surface area (Å²) in [7, 11) is 1.31. The van der Waals surface area contributed by atoms with Gasteiger partial charge in [0.15, 0.2) is 17.1 Å². The zero-order valence-electron chi connectivity index (χ0n) is 29.4. The molecule has 0 spiro atoms. The lowest BCUT2D eigenvalue weighted by Crippen LogP contribution is -2.42. The third kappa shape index (κ3) is 8.57. The van der Waals surface area contributed by atoms with E-state index in [1.54, 1.807) is 20.8 Å². The molecule has 0 saturated heterocycles. The maximum Gasteiger partial charge on any atom is 0.408 e. The first-order valence-corrected chi connectivity index (χ1v) is 17.9. The lowest BCUT2D eigenvalue weighted by molar-refractivity contribution is -0.0710. The zero-order valence-corrected chi connectivity index (χ0v) is 31.0. The molecule has 16 heteroatoms. The first-order chi connectivity index (χ1) is 24.2. The summed E-state index contributed by atoms with van der Waals surface area (Å²) in [5.41, 5.74) is 1.13. The van der Waals surface area contributed by atoms with Crippen LogP contribution in [0.15, 0.2) is 66.5 Å². The highest BCUT2D eigenvalue weighted by Crippen LogP contribution is 2.37. The number of thiazole rings is 1. The number of carbonyl (C=O) groups is 2. The van der Waals surface area contributed by atoms with E-state index >= 15 is 0 Å². The van der Waals surface area contributed by atoms with E-state index in [0.717, 1.165) is 0 Å². The second-order valence-electron chi connectivity index (χ2n) is 13.6. The summed E-state index contributed by atoms with van der Waals surface area (Å²) in [5, 5.41) is 6.04. The van der Waals surface area contributed by atoms with Crippen LogP contribution in [0.4, 0.5) is 4.79 Å². The van der Waals surface area contributed by atoms with Gasteiger partial charge in [0.05, 0.1) is 18.8 Å². The number of aromatic nitrogens is 4. The Balaban J connectivity index is 1.19. The van der Waals surface area contributed by atoms with Crippen LogP contribution in [-0.4, -0.2) is 67.2 Å².